The molecule has 5 rings (SSSR count). The standard InChI is InChI=1S/C21H13Cl2N5O/c22-12-5-7-15-14(9-12)19(23)20(27-15)21(29)26-13-6-8-18(24-10-13)28-11-25-16-3-1-2-4-17(16)28/h1-11,27H,(H,26,29). The summed E-state index contributed by atoms with van der Waals surface area (Å²) in [6.07, 6.45) is 3.32. The number of benzene rings is 2. The van der Waals surface area contributed by atoms with Gasteiger partial charge in [0.2, 0.25) is 0 Å². The van der Waals surface area contributed by atoms with Crippen molar-refractivity contribution in [3.8, 4) is 5.82 Å². The molecule has 6 nitrogen and oxygen atoms in total. The molecule has 0 aliphatic carbocycles. The molecule has 1 amide bonds. The van der Waals surface area contributed by atoms with Gasteiger partial charge in [-0.3, -0.25) is 9.36 Å². The molecule has 0 unspecified atom stereocenters. The Morgan fingerprint density at radius 2 is 1.90 bits per heavy atom. The molecule has 2 aromatic carbocycles. The minimum Gasteiger partial charge on any atom is -0.349 e. The van der Waals surface area contributed by atoms with Crippen LogP contribution in [0.2, 0.25) is 10.0 Å². The fraction of sp³-hybridized carbons (Fsp3) is 0. The molecule has 0 fully saturated rings. The first kappa shape index (κ1) is 17.7. The summed E-state index contributed by atoms with van der Waals surface area (Å²) < 4.78 is 1.89. The van der Waals surface area contributed by atoms with Crippen molar-refractivity contribution in [3.63, 3.8) is 0 Å². The van der Waals surface area contributed by atoms with Gasteiger partial charge in [0.1, 0.15) is 17.8 Å². The van der Waals surface area contributed by atoms with Crippen LogP contribution in [0.4, 0.5) is 5.69 Å². The van der Waals surface area contributed by atoms with E-state index in [0.29, 0.717) is 26.9 Å². The fourth-order valence-electron chi connectivity index (χ4n) is 3.23. The van der Waals surface area contributed by atoms with Crippen molar-refractivity contribution >= 4 is 56.7 Å². The number of nitrogens with zero attached hydrogens (tertiary/aromatic N) is 3. The van der Waals surface area contributed by atoms with E-state index < -0.39 is 0 Å². The summed E-state index contributed by atoms with van der Waals surface area (Å²) in [7, 11) is 0. The number of halogens is 2. The van der Waals surface area contributed by atoms with Gasteiger partial charge in [-0.2, -0.15) is 0 Å². The maximum absolute atomic E-state index is 12.7. The van der Waals surface area contributed by atoms with E-state index >= 15 is 0 Å². The number of hydrogen-bond acceptors (Lipinski definition) is 3. The Kier molecular flexibility index (Phi) is 4.23. The zero-order valence-electron chi connectivity index (χ0n) is 14.9. The second kappa shape index (κ2) is 6.92. The molecule has 0 radical (unpaired) electrons. The number of imidazole rings is 1. The lowest BCUT2D eigenvalue weighted by molar-refractivity contribution is 0.102. The molecule has 2 N–H and O–H groups in total. The predicted octanol–water partition coefficient (Wildman–Crippen LogP) is 5.46. The maximum Gasteiger partial charge on any atom is 0.273 e. The Morgan fingerprint density at radius 1 is 1.03 bits per heavy atom. The molecule has 142 valence electrons. The van der Waals surface area contributed by atoms with E-state index in [1.807, 2.05) is 34.9 Å². The van der Waals surface area contributed by atoms with E-state index in [1.54, 1.807) is 36.8 Å². The minimum absolute atomic E-state index is 0.272. The van der Waals surface area contributed by atoms with Gasteiger partial charge in [0.05, 0.1) is 27.9 Å². The number of hydrogen-bond donors (Lipinski definition) is 2. The van der Waals surface area contributed by atoms with Crippen LogP contribution in [0.15, 0.2) is 67.1 Å². The number of pyridine rings is 1. The number of aromatic amines is 1. The third kappa shape index (κ3) is 3.12. The quantitative estimate of drug-likeness (QED) is 0.405. The van der Waals surface area contributed by atoms with Crippen molar-refractivity contribution in [3.05, 3.63) is 82.9 Å². The number of amides is 1. The molecule has 0 saturated carbocycles. The highest BCUT2D eigenvalue weighted by molar-refractivity contribution is 6.40. The van der Waals surface area contributed by atoms with E-state index in [-0.39, 0.29) is 11.6 Å². The average molecular weight is 422 g/mol. The number of rotatable bonds is 3. The number of carbonyl (C=O) groups excluding carboxylic acids is 1. The van der Waals surface area contributed by atoms with E-state index in [2.05, 4.69) is 20.3 Å². The van der Waals surface area contributed by atoms with Crippen LogP contribution in [-0.2, 0) is 0 Å². The van der Waals surface area contributed by atoms with Gasteiger partial charge in [0.15, 0.2) is 0 Å². The van der Waals surface area contributed by atoms with Gasteiger partial charge in [-0.05, 0) is 42.5 Å². The SMILES string of the molecule is O=C(Nc1ccc(-n2cnc3ccccc32)nc1)c1[nH]c2ccc(Cl)cc2c1Cl. The predicted molar refractivity (Wildman–Crippen MR) is 115 cm³/mol. The first-order valence-electron chi connectivity index (χ1n) is 8.77. The highest BCUT2D eigenvalue weighted by Gasteiger charge is 2.17. The number of carbonyl (C=O) groups is 1. The van der Waals surface area contributed by atoms with Crippen molar-refractivity contribution in [1.82, 2.24) is 19.5 Å². The molecule has 3 heterocycles. The van der Waals surface area contributed by atoms with Gasteiger partial charge in [-0.25, -0.2) is 9.97 Å². The van der Waals surface area contributed by atoms with Crippen molar-refractivity contribution in [2.45, 2.75) is 0 Å². The van der Waals surface area contributed by atoms with Crippen LogP contribution in [0.5, 0.6) is 0 Å². The summed E-state index contributed by atoms with van der Waals surface area (Å²) in [4.78, 5) is 24.5. The summed E-state index contributed by atoms with van der Waals surface area (Å²) in [5.41, 5.74) is 3.41. The normalized spacial score (nSPS) is 11.2. The molecule has 29 heavy (non-hydrogen) atoms. The largest absolute Gasteiger partial charge is 0.349 e. The number of nitrogens with one attached hydrogen (secondary N) is 2. The molecule has 5 aromatic rings. The lowest BCUT2D eigenvalue weighted by Gasteiger charge is -2.07. The summed E-state index contributed by atoms with van der Waals surface area (Å²) in [6.45, 7) is 0. The minimum atomic E-state index is -0.357. The summed E-state index contributed by atoms with van der Waals surface area (Å²) in [5.74, 6) is 0.347. The van der Waals surface area contributed by atoms with Gasteiger partial charge in [0.25, 0.3) is 5.91 Å². The topological polar surface area (TPSA) is 75.6 Å². The van der Waals surface area contributed by atoms with Gasteiger partial charge in [0, 0.05) is 15.9 Å². The summed E-state index contributed by atoms with van der Waals surface area (Å²) >= 11 is 12.4. The van der Waals surface area contributed by atoms with Crippen molar-refractivity contribution in [2.75, 3.05) is 5.32 Å². The number of fused-ring (bicyclic) bond motifs is 2. The Labute approximate surface area is 175 Å². The molecule has 0 atom stereocenters. The molecule has 0 bridgehead atoms. The highest BCUT2D eigenvalue weighted by atomic mass is 35.5. The molecular formula is C21H13Cl2N5O. The van der Waals surface area contributed by atoms with Crippen LogP contribution in [0.25, 0.3) is 27.8 Å². The molecule has 0 saturated heterocycles. The van der Waals surface area contributed by atoms with E-state index in [1.165, 1.54) is 0 Å². The average Bonchev–Trinajstić information content (AvgIpc) is 3.30. The van der Waals surface area contributed by atoms with Crippen LogP contribution < -0.4 is 5.32 Å². The van der Waals surface area contributed by atoms with Crippen molar-refractivity contribution < 1.29 is 4.79 Å². The zero-order chi connectivity index (χ0) is 20.0. The first-order valence-corrected chi connectivity index (χ1v) is 9.52. The molecule has 0 spiro atoms. The monoisotopic (exact) mass is 421 g/mol. The third-order valence-electron chi connectivity index (χ3n) is 4.63. The van der Waals surface area contributed by atoms with Crippen LogP contribution >= 0.6 is 23.2 Å². The molecule has 8 heteroatoms. The molecule has 0 aliphatic heterocycles. The van der Waals surface area contributed by atoms with Crippen LogP contribution in [0, 0.1) is 0 Å². The van der Waals surface area contributed by atoms with Gasteiger partial charge >= 0.3 is 0 Å². The van der Waals surface area contributed by atoms with Gasteiger partial charge < -0.3 is 10.3 Å². The summed E-state index contributed by atoms with van der Waals surface area (Å²) in [5, 5.41) is 4.39. The second-order valence-electron chi connectivity index (χ2n) is 6.47. The fourth-order valence-corrected chi connectivity index (χ4v) is 3.69. The Balaban J connectivity index is 1.41. The van der Waals surface area contributed by atoms with Gasteiger partial charge in [-0.1, -0.05) is 35.3 Å². The van der Waals surface area contributed by atoms with E-state index in [9.17, 15) is 4.79 Å². The second-order valence-corrected chi connectivity index (χ2v) is 7.28. The van der Waals surface area contributed by atoms with E-state index in [4.69, 9.17) is 23.2 Å². The first-order chi connectivity index (χ1) is 14.1. The highest BCUT2D eigenvalue weighted by Crippen LogP contribution is 2.30. The van der Waals surface area contributed by atoms with Crippen LogP contribution in [0.1, 0.15) is 10.5 Å². The lowest BCUT2D eigenvalue weighted by Crippen LogP contribution is -2.13. The van der Waals surface area contributed by atoms with Crippen LogP contribution in [-0.4, -0.2) is 25.4 Å². The summed E-state index contributed by atoms with van der Waals surface area (Å²) in [6, 6.07) is 16.6. The van der Waals surface area contributed by atoms with Crippen molar-refractivity contribution in [2.24, 2.45) is 0 Å². The number of anilines is 1. The molecule has 3 aromatic heterocycles. The number of H-pyrrole nitrogens is 1. The zero-order valence-corrected chi connectivity index (χ0v) is 16.4. The Hall–Kier alpha value is -3.35. The lowest BCUT2D eigenvalue weighted by atomic mass is 10.2. The van der Waals surface area contributed by atoms with Gasteiger partial charge in [-0.15, -0.1) is 0 Å². The van der Waals surface area contributed by atoms with Crippen molar-refractivity contribution in [1.29, 1.82) is 0 Å². The van der Waals surface area contributed by atoms with Crippen LogP contribution in [0.3, 0.4) is 0 Å². The number of para-hydroxylation sites is 2. The Morgan fingerprint density at radius 3 is 2.72 bits per heavy atom. The molecule has 0 aliphatic rings. The smallest absolute Gasteiger partial charge is 0.273 e. The third-order valence-corrected chi connectivity index (χ3v) is 5.26. The Bertz CT molecular complexity index is 1370. The van der Waals surface area contributed by atoms with E-state index in [0.717, 1.165) is 16.6 Å². The molecular weight excluding hydrogens is 409 g/mol. The number of aromatic nitrogens is 4. The maximum atomic E-state index is 12.7.